The van der Waals surface area contributed by atoms with Crippen molar-refractivity contribution in [3.05, 3.63) is 28.8 Å². The lowest BCUT2D eigenvalue weighted by atomic mass is 9.86. The molecule has 0 aliphatic carbocycles. The van der Waals surface area contributed by atoms with Gasteiger partial charge in [0.05, 0.1) is 20.2 Å². The van der Waals surface area contributed by atoms with Crippen molar-refractivity contribution in [2.24, 2.45) is 0 Å². The molecule has 1 saturated heterocycles. The molecule has 0 aromatic heterocycles. The van der Waals surface area contributed by atoms with Crippen LogP contribution in [0.4, 0.5) is 0 Å². The molecular weight excluding hydrogens is 296 g/mol. The highest BCUT2D eigenvalue weighted by molar-refractivity contribution is 6.30. The minimum Gasteiger partial charge on any atom is -0.493 e. The van der Waals surface area contributed by atoms with Crippen LogP contribution in [0.3, 0.4) is 0 Å². The summed E-state index contributed by atoms with van der Waals surface area (Å²) < 4.78 is 6.05. The number of nitrogens with one attached hydrogen (secondary N) is 2. The summed E-state index contributed by atoms with van der Waals surface area (Å²) in [5.74, 6) is 0.981. The van der Waals surface area contributed by atoms with Crippen molar-refractivity contribution in [1.82, 2.24) is 0 Å². The zero-order chi connectivity index (χ0) is 16.2. The van der Waals surface area contributed by atoms with Crippen LogP contribution in [0.15, 0.2) is 18.2 Å². The van der Waals surface area contributed by atoms with Gasteiger partial charge in [0, 0.05) is 17.0 Å². The van der Waals surface area contributed by atoms with Crippen molar-refractivity contribution in [3.63, 3.8) is 0 Å². The Balaban J connectivity index is 1.82. The van der Waals surface area contributed by atoms with Crippen molar-refractivity contribution >= 4 is 11.6 Å². The van der Waals surface area contributed by atoms with Crippen LogP contribution in [0, 0.1) is 0 Å². The van der Waals surface area contributed by atoms with E-state index < -0.39 is 0 Å². The maximum atomic E-state index is 6.14. The molecule has 0 unspecified atom stereocenters. The molecule has 2 rings (SSSR count). The van der Waals surface area contributed by atoms with Crippen LogP contribution in [-0.4, -0.2) is 46.4 Å². The van der Waals surface area contributed by atoms with Crippen molar-refractivity contribution < 1.29 is 14.5 Å². The molecule has 1 aromatic rings. The number of rotatable bonds is 5. The molecule has 124 valence electrons. The first-order valence-corrected chi connectivity index (χ1v) is 8.82. The molecule has 0 saturated carbocycles. The summed E-state index contributed by atoms with van der Waals surface area (Å²) >= 11 is 6.14. The average Bonchev–Trinajstić information content (AvgIpc) is 2.45. The highest BCUT2D eigenvalue weighted by atomic mass is 35.5. The number of halogens is 1. The summed E-state index contributed by atoms with van der Waals surface area (Å²) in [6.45, 7) is 13.8. The smallest absolute Gasteiger partial charge is 0.127 e. The first-order chi connectivity index (χ1) is 10.4. The van der Waals surface area contributed by atoms with Crippen LogP contribution in [0.1, 0.15) is 32.8 Å². The Bertz CT molecular complexity index is 476. The lowest BCUT2D eigenvalue weighted by Crippen LogP contribution is -3.27. The van der Waals surface area contributed by atoms with Gasteiger partial charge in [0.15, 0.2) is 0 Å². The van der Waals surface area contributed by atoms with Gasteiger partial charge in [0.25, 0.3) is 0 Å². The van der Waals surface area contributed by atoms with Gasteiger partial charge in [-0.05, 0) is 23.6 Å². The quantitative estimate of drug-likeness (QED) is 0.767. The summed E-state index contributed by atoms with van der Waals surface area (Å²) in [6, 6.07) is 5.96. The molecule has 1 aliphatic heterocycles. The fraction of sp³-hybridized carbons (Fsp3) is 0.667. The first-order valence-electron chi connectivity index (χ1n) is 8.44. The number of likely N-dealkylation sites (N-methyl/N-ethyl adjacent to an activating group) is 1. The number of ether oxygens (including phenoxy) is 1. The summed E-state index contributed by atoms with van der Waals surface area (Å²) in [5.41, 5.74) is 1.24. The van der Waals surface area contributed by atoms with Crippen LogP contribution < -0.4 is 14.5 Å². The minimum absolute atomic E-state index is 0.0473. The Hall–Kier alpha value is -0.770. The van der Waals surface area contributed by atoms with Gasteiger partial charge < -0.3 is 14.5 Å². The number of hydrogen-bond acceptors (Lipinski definition) is 1. The number of piperazine rings is 1. The summed E-state index contributed by atoms with van der Waals surface area (Å²) in [5, 5.41) is 0.779. The van der Waals surface area contributed by atoms with E-state index in [9.17, 15) is 0 Å². The zero-order valence-electron chi connectivity index (χ0n) is 14.5. The molecule has 3 nitrogen and oxygen atoms in total. The molecule has 0 radical (unpaired) electrons. The molecule has 0 amide bonds. The van der Waals surface area contributed by atoms with Gasteiger partial charge >= 0.3 is 0 Å². The van der Waals surface area contributed by atoms with Crippen molar-refractivity contribution in [2.75, 3.05) is 46.4 Å². The lowest BCUT2D eigenvalue weighted by molar-refractivity contribution is -1.00. The summed E-state index contributed by atoms with van der Waals surface area (Å²) in [7, 11) is 2.29. The fourth-order valence-corrected chi connectivity index (χ4v) is 3.17. The molecule has 2 N–H and O–H groups in total. The molecule has 1 aromatic carbocycles. The largest absolute Gasteiger partial charge is 0.493 e. The van der Waals surface area contributed by atoms with E-state index in [-0.39, 0.29) is 5.41 Å². The second kappa shape index (κ2) is 7.67. The Labute approximate surface area is 140 Å². The van der Waals surface area contributed by atoms with E-state index in [0.717, 1.165) is 23.8 Å². The molecule has 0 atom stereocenters. The second-order valence-electron chi connectivity index (χ2n) is 7.55. The lowest BCUT2D eigenvalue weighted by Gasteiger charge is -2.27. The highest BCUT2D eigenvalue weighted by Gasteiger charge is 2.21. The van der Waals surface area contributed by atoms with Gasteiger partial charge in [-0.25, -0.2) is 0 Å². The van der Waals surface area contributed by atoms with Gasteiger partial charge in [-0.2, -0.15) is 0 Å². The van der Waals surface area contributed by atoms with E-state index in [1.165, 1.54) is 38.3 Å². The van der Waals surface area contributed by atoms with Crippen LogP contribution >= 0.6 is 11.6 Å². The van der Waals surface area contributed by atoms with E-state index in [4.69, 9.17) is 16.3 Å². The third-order valence-corrected chi connectivity index (χ3v) is 4.73. The normalized spacial score (nSPS) is 22.6. The molecule has 0 bridgehead atoms. The highest BCUT2D eigenvalue weighted by Crippen LogP contribution is 2.33. The summed E-state index contributed by atoms with van der Waals surface area (Å²) in [4.78, 5) is 3.39. The van der Waals surface area contributed by atoms with E-state index >= 15 is 0 Å². The standard InChI is InChI=1S/C18H29ClN2O/c1-18(2,3)16-14-15(19)6-7-17(16)22-13-5-8-21-11-9-20(4)10-12-21/h6-7,14H,5,8-13H2,1-4H3/p+2. The first kappa shape index (κ1) is 17.6. The molecule has 0 spiro atoms. The van der Waals surface area contributed by atoms with E-state index in [1.54, 1.807) is 9.80 Å². The van der Waals surface area contributed by atoms with Crippen LogP contribution in [0.25, 0.3) is 0 Å². The van der Waals surface area contributed by atoms with E-state index in [2.05, 4.69) is 27.8 Å². The van der Waals surface area contributed by atoms with Crippen LogP contribution in [0.5, 0.6) is 5.75 Å². The predicted octanol–water partition coefficient (Wildman–Crippen LogP) is 0.820. The molecular formula is C18H31ClN2O+2. The SMILES string of the molecule is C[NH+]1CC[NH+](CCCOc2ccc(Cl)cc2C(C)(C)C)CC1. The second-order valence-corrected chi connectivity index (χ2v) is 7.99. The Morgan fingerprint density at radius 2 is 1.82 bits per heavy atom. The molecule has 1 fully saturated rings. The van der Waals surface area contributed by atoms with Crippen molar-refractivity contribution in [1.29, 1.82) is 0 Å². The maximum absolute atomic E-state index is 6.14. The topological polar surface area (TPSA) is 18.1 Å². The van der Waals surface area contributed by atoms with Gasteiger partial charge in [-0.3, -0.25) is 0 Å². The van der Waals surface area contributed by atoms with E-state index in [1.807, 2.05) is 18.2 Å². The van der Waals surface area contributed by atoms with Gasteiger partial charge in [-0.1, -0.05) is 32.4 Å². The van der Waals surface area contributed by atoms with Crippen LogP contribution in [-0.2, 0) is 5.41 Å². The van der Waals surface area contributed by atoms with Crippen molar-refractivity contribution in [2.45, 2.75) is 32.6 Å². The van der Waals surface area contributed by atoms with Crippen molar-refractivity contribution in [3.8, 4) is 5.75 Å². The Morgan fingerprint density at radius 1 is 1.14 bits per heavy atom. The van der Waals surface area contributed by atoms with Gasteiger partial charge in [-0.15, -0.1) is 0 Å². The molecule has 1 aliphatic rings. The maximum Gasteiger partial charge on any atom is 0.127 e. The van der Waals surface area contributed by atoms with E-state index in [0.29, 0.717) is 0 Å². The van der Waals surface area contributed by atoms with Gasteiger partial charge in [0.2, 0.25) is 0 Å². The number of benzene rings is 1. The van der Waals surface area contributed by atoms with Crippen LogP contribution in [0.2, 0.25) is 5.02 Å². The fourth-order valence-electron chi connectivity index (χ4n) is 3.00. The summed E-state index contributed by atoms with van der Waals surface area (Å²) in [6.07, 6.45) is 1.11. The number of hydrogen-bond donors (Lipinski definition) is 2. The molecule has 1 heterocycles. The minimum atomic E-state index is 0.0473. The predicted molar refractivity (Wildman–Crippen MR) is 92.4 cm³/mol. The molecule has 4 heteroatoms. The average molecular weight is 327 g/mol. The third kappa shape index (κ3) is 5.15. The Kier molecular flexibility index (Phi) is 6.13. The number of quaternary nitrogens is 2. The zero-order valence-corrected chi connectivity index (χ0v) is 15.2. The monoisotopic (exact) mass is 326 g/mol. The van der Waals surface area contributed by atoms with Gasteiger partial charge in [0.1, 0.15) is 31.9 Å². The third-order valence-electron chi connectivity index (χ3n) is 4.49. The Morgan fingerprint density at radius 3 is 2.45 bits per heavy atom. The molecule has 22 heavy (non-hydrogen) atoms.